The minimum Gasteiger partial charge on any atom is -0.337 e. The summed E-state index contributed by atoms with van der Waals surface area (Å²) in [5, 5.41) is 0. The van der Waals surface area contributed by atoms with Crippen LogP contribution in [-0.2, 0) is 13.0 Å². The minimum atomic E-state index is 0.869. The van der Waals surface area contributed by atoms with Crippen molar-refractivity contribution < 1.29 is 0 Å². The molecule has 1 aliphatic rings. The van der Waals surface area contributed by atoms with Gasteiger partial charge in [-0.15, -0.1) is 0 Å². The van der Waals surface area contributed by atoms with E-state index in [-0.39, 0.29) is 0 Å². The molecule has 4 heteroatoms. The standard InChI is InChI=1S/C12H21N3S/c1-2-11-10-13-12(16)15(11)9-8-14-6-4-3-5-7-14/h10H,2-9H2,1H3,(H,13,16). The van der Waals surface area contributed by atoms with E-state index in [2.05, 4.69) is 21.4 Å². The predicted molar refractivity (Wildman–Crippen MR) is 69.3 cm³/mol. The third-order valence-corrected chi connectivity index (χ3v) is 3.74. The van der Waals surface area contributed by atoms with Crippen molar-refractivity contribution in [2.24, 2.45) is 0 Å². The van der Waals surface area contributed by atoms with Gasteiger partial charge in [0.1, 0.15) is 0 Å². The lowest BCUT2D eigenvalue weighted by Gasteiger charge is -2.26. The lowest BCUT2D eigenvalue weighted by Crippen LogP contribution is -2.32. The molecule has 0 atom stereocenters. The van der Waals surface area contributed by atoms with Crippen LogP contribution in [0.15, 0.2) is 6.20 Å². The Kier molecular flexibility index (Phi) is 4.18. The van der Waals surface area contributed by atoms with Crippen molar-refractivity contribution in [3.63, 3.8) is 0 Å². The molecule has 1 N–H and O–H groups in total. The number of rotatable bonds is 4. The first kappa shape index (κ1) is 11.9. The zero-order chi connectivity index (χ0) is 11.4. The molecule has 1 aromatic rings. The van der Waals surface area contributed by atoms with Crippen molar-refractivity contribution >= 4 is 12.2 Å². The fourth-order valence-corrected chi connectivity index (χ4v) is 2.66. The number of aromatic amines is 1. The molecule has 0 aromatic carbocycles. The van der Waals surface area contributed by atoms with Crippen molar-refractivity contribution in [2.75, 3.05) is 19.6 Å². The molecule has 0 spiro atoms. The average Bonchev–Trinajstić information content (AvgIpc) is 2.69. The molecule has 0 unspecified atom stereocenters. The zero-order valence-electron chi connectivity index (χ0n) is 10.0. The maximum Gasteiger partial charge on any atom is 0.177 e. The number of nitrogens with one attached hydrogen (secondary N) is 1. The fourth-order valence-electron chi connectivity index (χ4n) is 2.39. The molecule has 16 heavy (non-hydrogen) atoms. The Morgan fingerprint density at radius 3 is 2.69 bits per heavy atom. The molecule has 2 heterocycles. The Morgan fingerprint density at radius 1 is 1.25 bits per heavy atom. The summed E-state index contributed by atoms with van der Waals surface area (Å²) < 4.78 is 3.11. The Balaban J connectivity index is 1.93. The number of hydrogen-bond acceptors (Lipinski definition) is 2. The van der Waals surface area contributed by atoms with Crippen LogP contribution in [0.2, 0.25) is 0 Å². The van der Waals surface area contributed by atoms with Gasteiger partial charge in [0.25, 0.3) is 0 Å². The van der Waals surface area contributed by atoms with E-state index in [9.17, 15) is 0 Å². The van der Waals surface area contributed by atoms with Gasteiger partial charge in [-0.3, -0.25) is 0 Å². The van der Waals surface area contributed by atoms with Crippen LogP contribution in [0.4, 0.5) is 0 Å². The van der Waals surface area contributed by atoms with Crippen LogP contribution in [0, 0.1) is 4.77 Å². The molecule has 1 fully saturated rings. The van der Waals surface area contributed by atoms with Crippen LogP contribution in [0.25, 0.3) is 0 Å². The van der Waals surface area contributed by atoms with E-state index in [0.717, 1.165) is 24.3 Å². The molecule has 90 valence electrons. The Bertz CT molecular complexity index is 374. The maximum atomic E-state index is 5.29. The highest BCUT2D eigenvalue weighted by molar-refractivity contribution is 7.71. The molecular formula is C12H21N3S. The summed E-state index contributed by atoms with van der Waals surface area (Å²) >= 11 is 5.29. The van der Waals surface area contributed by atoms with E-state index in [0.29, 0.717) is 0 Å². The molecule has 0 bridgehead atoms. The number of aryl methyl sites for hydroxylation is 1. The summed E-state index contributed by atoms with van der Waals surface area (Å²) in [7, 11) is 0. The van der Waals surface area contributed by atoms with Crippen molar-refractivity contribution in [3.8, 4) is 0 Å². The van der Waals surface area contributed by atoms with Gasteiger partial charge in [0.2, 0.25) is 0 Å². The summed E-state index contributed by atoms with van der Waals surface area (Å²) in [4.78, 5) is 5.69. The second-order valence-corrected chi connectivity index (χ2v) is 4.88. The van der Waals surface area contributed by atoms with Gasteiger partial charge < -0.3 is 14.5 Å². The first-order valence-corrected chi connectivity index (χ1v) is 6.71. The van der Waals surface area contributed by atoms with E-state index in [1.165, 1.54) is 38.0 Å². The summed E-state index contributed by atoms with van der Waals surface area (Å²) in [6, 6.07) is 0. The van der Waals surface area contributed by atoms with E-state index in [1.54, 1.807) is 0 Å². The first-order valence-electron chi connectivity index (χ1n) is 6.30. The molecule has 2 rings (SSSR count). The van der Waals surface area contributed by atoms with Gasteiger partial charge >= 0.3 is 0 Å². The highest BCUT2D eigenvalue weighted by Crippen LogP contribution is 2.09. The van der Waals surface area contributed by atoms with Crippen LogP contribution >= 0.6 is 12.2 Å². The van der Waals surface area contributed by atoms with Crippen LogP contribution in [-0.4, -0.2) is 34.1 Å². The molecule has 0 saturated carbocycles. The number of H-pyrrole nitrogens is 1. The molecule has 0 aliphatic carbocycles. The number of imidazole rings is 1. The summed E-state index contributed by atoms with van der Waals surface area (Å²) in [6.07, 6.45) is 7.21. The summed E-state index contributed by atoms with van der Waals surface area (Å²) in [5.74, 6) is 0. The molecule has 3 nitrogen and oxygen atoms in total. The highest BCUT2D eigenvalue weighted by Gasteiger charge is 2.10. The first-order chi connectivity index (χ1) is 7.81. The molecular weight excluding hydrogens is 218 g/mol. The van der Waals surface area contributed by atoms with Crippen molar-refractivity contribution in [3.05, 3.63) is 16.7 Å². The molecule has 1 saturated heterocycles. The van der Waals surface area contributed by atoms with Crippen molar-refractivity contribution in [1.29, 1.82) is 0 Å². The Morgan fingerprint density at radius 2 is 2.00 bits per heavy atom. The minimum absolute atomic E-state index is 0.869. The fraction of sp³-hybridized carbons (Fsp3) is 0.750. The average molecular weight is 239 g/mol. The predicted octanol–water partition coefficient (Wildman–Crippen LogP) is 2.59. The number of hydrogen-bond donors (Lipinski definition) is 1. The van der Waals surface area contributed by atoms with E-state index in [4.69, 9.17) is 12.2 Å². The van der Waals surface area contributed by atoms with Crippen LogP contribution < -0.4 is 0 Å². The molecule has 1 aliphatic heterocycles. The molecule has 0 radical (unpaired) electrons. The molecule has 0 amide bonds. The van der Waals surface area contributed by atoms with E-state index in [1.807, 2.05) is 6.20 Å². The SMILES string of the molecule is CCc1c[nH]c(=S)n1CCN1CCCCC1. The Labute approximate surface area is 102 Å². The van der Waals surface area contributed by atoms with Crippen molar-refractivity contribution in [1.82, 2.24) is 14.5 Å². The smallest absolute Gasteiger partial charge is 0.177 e. The summed E-state index contributed by atoms with van der Waals surface area (Å²) in [6.45, 7) is 6.87. The third-order valence-electron chi connectivity index (χ3n) is 3.40. The largest absolute Gasteiger partial charge is 0.337 e. The monoisotopic (exact) mass is 239 g/mol. The second-order valence-electron chi connectivity index (χ2n) is 4.49. The second kappa shape index (κ2) is 5.64. The Hall–Kier alpha value is -0.610. The number of piperidine rings is 1. The molecule has 1 aromatic heterocycles. The van der Waals surface area contributed by atoms with Gasteiger partial charge in [-0.2, -0.15) is 0 Å². The van der Waals surface area contributed by atoms with Gasteiger partial charge in [0, 0.05) is 25.0 Å². The van der Waals surface area contributed by atoms with Crippen LogP contribution in [0.5, 0.6) is 0 Å². The lowest BCUT2D eigenvalue weighted by atomic mass is 10.1. The van der Waals surface area contributed by atoms with E-state index >= 15 is 0 Å². The topological polar surface area (TPSA) is 24.0 Å². The van der Waals surface area contributed by atoms with Gasteiger partial charge in [-0.25, -0.2) is 0 Å². The number of likely N-dealkylation sites (tertiary alicyclic amines) is 1. The quantitative estimate of drug-likeness (QED) is 0.817. The van der Waals surface area contributed by atoms with E-state index < -0.39 is 0 Å². The van der Waals surface area contributed by atoms with Crippen molar-refractivity contribution in [2.45, 2.75) is 39.2 Å². The van der Waals surface area contributed by atoms with Gasteiger partial charge in [0.05, 0.1) is 0 Å². The maximum absolute atomic E-state index is 5.29. The van der Waals surface area contributed by atoms with Gasteiger partial charge in [-0.1, -0.05) is 13.3 Å². The lowest BCUT2D eigenvalue weighted by molar-refractivity contribution is 0.220. The number of nitrogens with zero attached hydrogens (tertiary/aromatic N) is 2. The normalized spacial score (nSPS) is 17.8. The third kappa shape index (κ3) is 2.74. The zero-order valence-corrected chi connectivity index (χ0v) is 10.9. The number of aromatic nitrogens is 2. The van der Waals surface area contributed by atoms with Gasteiger partial charge in [-0.05, 0) is 44.6 Å². The van der Waals surface area contributed by atoms with Crippen LogP contribution in [0.3, 0.4) is 0 Å². The summed E-state index contributed by atoms with van der Waals surface area (Å²) in [5.41, 5.74) is 1.32. The van der Waals surface area contributed by atoms with Crippen LogP contribution in [0.1, 0.15) is 31.9 Å². The van der Waals surface area contributed by atoms with Gasteiger partial charge in [0.15, 0.2) is 4.77 Å². The highest BCUT2D eigenvalue weighted by atomic mass is 32.1.